The average Bonchev–Trinajstić information content (AvgIpc) is 2.49. The number of aliphatic hydroxyl groups is 1. The van der Waals surface area contributed by atoms with Gasteiger partial charge < -0.3 is 20.9 Å². The number of ether oxygens (including phenoxy) is 1. The number of benzene rings is 2. The molecular weight excluding hydrogens is 393 g/mol. The zero-order valence-corrected chi connectivity index (χ0v) is 14.4. The van der Waals surface area contributed by atoms with Gasteiger partial charge in [-0.25, -0.2) is 0 Å². The van der Waals surface area contributed by atoms with E-state index in [0.717, 1.165) is 11.4 Å². The highest BCUT2D eigenvalue weighted by Crippen LogP contribution is 2.23. The predicted octanol–water partition coefficient (Wildman–Crippen LogP) is 3.21. The average molecular weight is 413 g/mol. The molecule has 0 aromatic heterocycles. The number of para-hydroxylation sites is 1. The Hall–Kier alpha value is -1.80. The van der Waals surface area contributed by atoms with Crippen LogP contribution in [0, 0.1) is 0 Å². The van der Waals surface area contributed by atoms with Gasteiger partial charge in [0, 0.05) is 24.9 Å². The molecule has 22 heavy (non-hydrogen) atoms. The molecule has 0 radical (unpaired) electrons. The van der Waals surface area contributed by atoms with Crippen molar-refractivity contribution in [3.63, 3.8) is 0 Å². The molecule has 0 amide bonds. The molecule has 0 aliphatic rings. The second kappa shape index (κ2) is 10.0. The minimum Gasteiger partial charge on any atom is -0.457 e. The van der Waals surface area contributed by atoms with Gasteiger partial charge in [0.05, 0.1) is 0 Å². The Labute approximate surface area is 147 Å². The number of hydrogen-bond acceptors (Lipinski definition) is 3. The summed E-state index contributed by atoms with van der Waals surface area (Å²) in [5.74, 6) is 1.81. The van der Waals surface area contributed by atoms with Crippen LogP contribution in [0.2, 0.25) is 0 Å². The summed E-state index contributed by atoms with van der Waals surface area (Å²) in [4.78, 5) is 4.11. The Kier molecular flexibility index (Phi) is 8.31. The lowest BCUT2D eigenvalue weighted by molar-refractivity contribution is 0.291. The molecule has 4 N–H and O–H groups in total. The first-order valence-corrected chi connectivity index (χ1v) is 6.79. The van der Waals surface area contributed by atoms with E-state index in [4.69, 9.17) is 15.6 Å². The summed E-state index contributed by atoms with van der Waals surface area (Å²) in [5.41, 5.74) is 6.57. The fourth-order valence-electron chi connectivity index (χ4n) is 1.72. The monoisotopic (exact) mass is 413 g/mol. The number of rotatable bonds is 6. The Morgan fingerprint density at radius 1 is 1.09 bits per heavy atom. The SMILES string of the molecule is I.NC(=NCCCO)Nc1cccc(Oc2ccccc2)c1. The van der Waals surface area contributed by atoms with Gasteiger partial charge >= 0.3 is 0 Å². The van der Waals surface area contributed by atoms with Crippen LogP contribution in [0.5, 0.6) is 11.5 Å². The summed E-state index contributed by atoms with van der Waals surface area (Å²) in [5, 5.41) is 11.7. The van der Waals surface area contributed by atoms with E-state index in [9.17, 15) is 0 Å². The van der Waals surface area contributed by atoms with Crippen molar-refractivity contribution in [3.8, 4) is 11.5 Å². The third-order valence-electron chi connectivity index (χ3n) is 2.68. The molecule has 2 aromatic carbocycles. The van der Waals surface area contributed by atoms with Gasteiger partial charge in [0.1, 0.15) is 11.5 Å². The molecule has 5 nitrogen and oxygen atoms in total. The predicted molar refractivity (Wildman–Crippen MR) is 100 cm³/mol. The van der Waals surface area contributed by atoms with E-state index < -0.39 is 0 Å². The molecule has 0 saturated carbocycles. The van der Waals surface area contributed by atoms with Crippen LogP contribution in [-0.2, 0) is 0 Å². The van der Waals surface area contributed by atoms with Crippen LogP contribution in [0.3, 0.4) is 0 Å². The Morgan fingerprint density at radius 3 is 2.55 bits per heavy atom. The lowest BCUT2D eigenvalue weighted by Crippen LogP contribution is -2.22. The van der Waals surface area contributed by atoms with Gasteiger partial charge in [-0.1, -0.05) is 24.3 Å². The van der Waals surface area contributed by atoms with E-state index in [-0.39, 0.29) is 30.6 Å². The largest absolute Gasteiger partial charge is 0.457 e. The first-order chi connectivity index (χ1) is 10.3. The number of nitrogens with one attached hydrogen (secondary N) is 1. The van der Waals surface area contributed by atoms with Gasteiger partial charge in [0.2, 0.25) is 0 Å². The highest BCUT2D eigenvalue weighted by Gasteiger charge is 2.00. The molecule has 0 heterocycles. The first kappa shape index (κ1) is 18.2. The Balaban J connectivity index is 0.00000242. The molecule has 0 spiro atoms. The summed E-state index contributed by atoms with van der Waals surface area (Å²) in [7, 11) is 0. The van der Waals surface area contributed by atoms with Crippen molar-refractivity contribution in [1.82, 2.24) is 0 Å². The number of aliphatic imine (C=N–C) groups is 1. The third kappa shape index (κ3) is 6.31. The van der Waals surface area contributed by atoms with Crippen molar-refractivity contribution < 1.29 is 9.84 Å². The maximum Gasteiger partial charge on any atom is 0.193 e. The number of anilines is 1. The molecule has 0 unspecified atom stereocenters. The highest BCUT2D eigenvalue weighted by atomic mass is 127. The van der Waals surface area contributed by atoms with Gasteiger partial charge in [-0.05, 0) is 30.7 Å². The van der Waals surface area contributed by atoms with Crippen LogP contribution in [0.4, 0.5) is 5.69 Å². The second-order valence-corrected chi connectivity index (χ2v) is 4.41. The minimum absolute atomic E-state index is 0. The number of nitrogens with zero attached hydrogens (tertiary/aromatic N) is 1. The summed E-state index contributed by atoms with van der Waals surface area (Å²) in [6.45, 7) is 0.604. The fourth-order valence-corrected chi connectivity index (χ4v) is 1.72. The van der Waals surface area contributed by atoms with Crippen molar-refractivity contribution in [2.24, 2.45) is 10.7 Å². The fraction of sp³-hybridized carbons (Fsp3) is 0.188. The minimum atomic E-state index is 0. The Morgan fingerprint density at radius 2 is 1.82 bits per heavy atom. The molecule has 2 aromatic rings. The van der Waals surface area contributed by atoms with E-state index in [1.165, 1.54) is 0 Å². The van der Waals surface area contributed by atoms with Crippen molar-refractivity contribution >= 4 is 35.6 Å². The highest BCUT2D eigenvalue weighted by molar-refractivity contribution is 14.0. The number of guanidine groups is 1. The third-order valence-corrected chi connectivity index (χ3v) is 2.68. The van der Waals surface area contributed by atoms with Crippen molar-refractivity contribution in [2.45, 2.75) is 6.42 Å². The van der Waals surface area contributed by atoms with Gasteiger partial charge in [-0.2, -0.15) is 0 Å². The lowest BCUT2D eigenvalue weighted by atomic mass is 10.3. The number of nitrogens with two attached hydrogens (primary N) is 1. The molecule has 2 rings (SSSR count). The van der Waals surface area contributed by atoms with Crippen molar-refractivity contribution in [3.05, 3.63) is 54.6 Å². The van der Waals surface area contributed by atoms with Crippen LogP contribution in [0.25, 0.3) is 0 Å². The number of hydrogen-bond donors (Lipinski definition) is 3. The topological polar surface area (TPSA) is 79.9 Å². The van der Waals surface area contributed by atoms with E-state index >= 15 is 0 Å². The van der Waals surface area contributed by atoms with Gasteiger partial charge in [0.15, 0.2) is 5.96 Å². The van der Waals surface area contributed by atoms with E-state index in [1.54, 1.807) is 0 Å². The quantitative estimate of drug-likeness (QED) is 0.294. The number of aliphatic hydroxyl groups excluding tert-OH is 1. The molecular formula is C16H20IN3O2. The van der Waals surface area contributed by atoms with Crippen LogP contribution < -0.4 is 15.8 Å². The molecule has 0 bridgehead atoms. The summed E-state index contributed by atoms with van der Waals surface area (Å²) in [6, 6.07) is 17.0. The zero-order chi connectivity index (χ0) is 14.9. The van der Waals surface area contributed by atoms with Crippen LogP contribution in [0.15, 0.2) is 59.6 Å². The van der Waals surface area contributed by atoms with E-state index in [1.807, 2.05) is 54.6 Å². The van der Waals surface area contributed by atoms with Crippen LogP contribution >= 0.6 is 24.0 Å². The van der Waals surface area contributed by atoms with Crippen molar-refractivity contribution in [1.29, 1.82) is 0 Å². The summed E-state index contributed by atoms with van der Waals surface area (Å²) < 4.78 is 5.75. The van der Waals surface area contributed by atoms with Crippen molar-refractivity contribution in [2.75, 3.05) is 18.5 Å². The number of halogens is 1. The normalized spacial score (nSPS) is 10.7. The molecule has 118 valence electrons. The lowest BCUT2D eigenvalue weighted by Gasteiger charge is -2.09. The van der Waals surface area contributed by atoms with Gasteiger partial charge in [-0.15, -0.1) is 24.0 Å². The molecule has 0 aliphatic heterocycles. The van der Waals surface area contributed by atoms with Crippen LogP contribution in [-0.4, -0.2) is 24.2 Å². The summed E-state index contributed by atoms with van der Waals surface area (Å²) >= 11 is 0. The maximum absolute atomic E-state index is 8.70. The Bertz CT molecular complexity index is 591. The molecule has 0 atom stereocenters. The van der Waals surface area contributed by atoms with Gasteiger partial charge in [-0.3, -0.25) is 4.99 Å². The maximum atomic E-state index is 8.70. The molecule has 0 fully saturated rings. The smallest absolute Gasteiger partial charge is 0.193 e. The summed E-state index contributed by atoms with van der Waals surface area (Å²) in [6.07, 6.45) is 0.597. The molecule has 0 saturated heterocycles. The zero-order valence-electron chi connectivity index (χ0n) is 12.1. The standard InChI is InChI=1S/C16H19N3O2.HI/c17-16(18-10-5-11-20)19-13-6-4-9-15(12-13)21-14-7-2-1-3-8-14;/h1-4,6-9,12,20H,5,10-11H2,(H3,17,18,19);1H. The van der Waals surface area contributed by atoms with E-state index in [2.05, 4.69) is 10.3 Å². The molecule has 0 aliphatic carbocycles. The van der Waals surface area contributed by atoms with E-state index in [0.29, 0.717) is 24.7 Å². The second-order valence-electron chi connectivity index (χ2n) is 4.41. The van der Waals surface area contributed by atoms with Crippen LogP contribution in [0.1, 0.15) is 6.42 Å². The van der Waals surface area contributed by atoms with Gasteiger partial charge in [0.25, 0.3) is 0 Å². The first-order valence-electron chi connectivity index (χ1n) is 6.79. The molecule has 6 heteroatoms.